The zero-order valence-electron chi connectivity index (χ0n) is 16.2. The number of non-ortho nitro benzene ring substituents is 1. The van der Waals surface area contributed by atoms with Crippen molar-refractivity contribution in [3.63, 3.8) is 0 Å². The fourth-order valence-corrected chi connectivity index (χ4v) is 3.87. The van der Waals surface area contributed by atoms with Crippen molar-refractivity contribution in [2.45, 2.75) is 31.9 Å². The number of rotatable bonds is 5. The average molecular weight is 412 g/mol. The maximum atomic E-state index is 12.9. The molecule has 0 saturated carbocycles. The van der Waals surface area contributed by atoms with Gasteiger partial charge in [0.1, 0.15) is 23.3 Å². The molecule has 2 aliphatic rings. The Balaban J connectivity index is 1.78. The van der Waals surface area contributed by atoms with E-state index in [0.717, 1.165) is 12.8 Å². The van der Waals surface area contributed by atoms with Crippen LogP contribution in [0.25, 0.3) is 5.76 Å². The van der Waals surface area contributed by atoms with Gasteiger partial charge in [0, 0.05) is 30.8 Å². The van der Waals surface area contributed by atoms with Crippen LogP contribution in [0.4, 0.5) is 5.69 Å². The molecular weight excluding hydrogens is 392 g/mol. The highest BCUT2D eigenvalue weighted by molar-refractivity contribution is 6.46. The van der Waals surface area contributed by atoms with Gasteiger partial charge in [-0.2, -0.15) is 0 Å². The molecule has 9 nitrogen and oxygen atoms in total. The van der Waals surface area contributed by atoms with Crippen LogP contribution in [0.15, 0.2) is 46.4 Å². The number of aliphatic hydroxyl groups excluding tert-OH is 1. The molecule has 0 radical (unpaired) electrons. The molecule has 2 aromatic rings. The molecule has 156 valence electrons. The van der Waals surface area contributed by atoms with E-state index in [0.29, 0.717) is 18.1 Å². The van der Waals surface area contributed by atoms with Gasteiger partial charge in [0.15, 0.2) is 0 Å². The lowest BCUT2D eigenvalue weighted by molar-refractivity contribution is -0.384. The van der Waals surface area contributed by atoms with Crippen LogP contribution < -0.4 is 0 Å². The summed E-state index contributed by atoms with van der Waals surface area (Å²) in [6, 6.07) is 7.60. The van der Waals surface area contributed by atoms with Crippen molar-refractivity contribution >= 4 is 23.1 Å². The highest BCUT2D eigenvalue weighted by Gasteiger charge is 2.48. The Labute approximate surface area is 171 Å². The molecule has 1 amide bonds. The van der Waals surface area contributed by atoms with E-state index in [-0.39, 0.29) is 29.5 Å². The number of aryl methyl sites for hydroxylation is 1. The van der Waals surface area contributed by atoms with E-state index in [9.17, 15) is 24.8 Å². The van der Waals surface area contributed by atoms with Crippen molar-refractivity contribution < 1.29 is 28.8 Å². The summed E-state index contributed by atoms with van der Waals surface area (Å²) >= 11 is 0. The number of ketones is 1. The van der Waals surface area contributed by atoms with Crippen LogP contribution in [0.3, 0.4) is 0 Å². The number of nitrogens with zero attached hydrogens (tertiary/aromatic N) is 2. The maximum absolute atomic E-state index is 12.9. The molecule has 2 saturated heterocycles. The number of likely N-dealkylation sites (tertiary alicyclic amines) is 1. The molecule has 9 heteroatoms. The van der Waals surface area contributed by atoms with Crippen molar-refractivity contribution in [3.8, 4) is 0 Å². The summed E-state index contributed by atoms with van der Waals surface area (Å²) < 4.78 is 11.3. The number of hydrogen-bond acceptors (Lipinski definition) is 7. The van der Waals surface area contributed by atoms with Gasteiger partial charge in [-0.15, -0.1) is 0 Å². The normalized spacial score (nSPS) is 23.3. The minimum Gasteiger partial charge on any atom is -0.507 e. The van der Waals surface area contributed by atoms with Crippen LogP contribution >= 0.6 is 0 Å². The molecule has 2 fully saturated rings. The van der Waals surface area contributed by atoms with Gasteiger partial charge in [0.05, 0.1) is 16.6 Å². The third-order valence-electron chi connectivity index (χ3n) is 5.35. The summed E-state index contributed by atoms with van der Waals surface area (Å²) in [6.45, 7) is 2.54. The molecule has 2 unspecified atom stereocenters. The van der Waals surface area contributed by atoms with Crippen molar-refractivity contribution in [2.75, 3.05) is 13.2 Å². The number of hydrogen-bond donors (Lipinski definition) is 1. The van der Waals surface area contributed by atoms with Gasteiger partial charge in [-0.05, 0) is 44.0 Å². The predicted molar refractivity (Wildman–Crippen MR) is 105 cm³/mol. The first-order chi connectivity index (χ1) is 14.4. The molecule has 1 N–H and O–H groups in total. The van der Waals surface area contributed by atoms with Gasteiger partial charge in [0.25, 0.3) is 17.4 Å². The Bertz CT molecular complexity index is 1030. The number of nitro benzene ring substituents is 1. The Morgan fingerprint density at radius 1 is 1.23 bits per heavy atom. The average Bonchev–Trinajstić information content (AvgIpc) is 3.45. The lowest BCUT2D eigenvalue weighted by Gasteiger charge is -2.25. The SMILES string of the molecule is Cc1ccc(C2/C(=C(/O)c3ccc([N+](=O)[O-])cc3)C(=O)C(=O)N2CC2CCCO2)o1. The molecule has 30 heavy (non-hydrogen) atoms. The van der Waals surface area contributed by atoms with E-state index in [1.165, 1.54) is 29.2 Å². The summed E-state index contributed by atoms with van der Waals surface area (Å²) in [6.07, 6.45) is 1.46. The van der Waals surface area contributed by atoms with Gasteiger partial charge in [-0.1, -0.05) is 0 Å². The van der Waals surface area contributed by atoms with E-state index in [4.69, 9.17) is 9.15 Å². The van der Waals surface area contributed by atoms with Crippen LogP contribution in [-0.4, -0.2) is 45.9 Å². The summed E-state index contributed by atoms with van der Waals surface area (Å²) in [4.78, 5) is 37.4. The fraction of sp³-hybridized carbons (Fsp3) is 0.333. The minimum atomic E-state index is -0.905. The standard InChI is InChI=1S/C21H20N2O7/c1-12-4-9-16(30-12)18-17(19(24)13-5-7-14(8-6-13)23(27)28)20(25)21(26)22(18)11-15-3-2-10-29-15/h4-9,15,18,24H,2-3,10-11H2,1H3/b19-17-. The third kappa shape index (κ3) is 3.48. The molecule has 1 aromatic carbocycles. The summed E-state index contributed by atoms with van der Waals surface area (Å²) in [5.41, 5.74) is -0.0613. The van der Waals surface area contributed by atoms with Crippen LogP contribution in [0, 0.1) is 17.0 Å². The Hall–Kier alpha value is -3.46. The van der Waals surface area contributed by atoms with Crippen LogP contribution in [0.1, 0.15) is 36.0 Å². The smallest absolute Gasteiger partial charge is 0.295 e. The second-order valence-corrected chi connectivity index (χ2v) is 7.34. The van der Waals surface area contributed by atoms with Gasteiger partial charge in [0.2, 0.25) is 0 Å². The number of amides is 1. The van der Waals surface area contributed by atoms with Gasteiger partial charge in [-0.3, -0.25) is 19.7 Å². The Kier molecular flexibility index (Phi) is 5.13. The molecule has 2 atom stereocenters. The quantitative estimate of drug-likeness (QED) is 0.263. The maximum Gasteiger partial charge on any atom is 0.295 e. The molecular formula is C21H20N2O7. The number of carbonyl (C=O) groups is 2. The largest absolute Gasteiger partial charge is 0.507 e. The summed E-state index contributed by atoms with van der Waals surface area (Å²) in [5.74, 6) is -1.02. The van der Waals surface area contributed by atoms with Crippen LogP contribution in [0.2, 0.25) is 0 Å². The van der Waals surface area contributed by atoms with Crippen molar-refractivity contribution in [2.24, 2.45) is 0 Å². The highest BCUT2D eigenvalue weighted by Crippen LogP contribution is 2.40. The number of nitro groups is 1. The molecule has 1 aromatic heterocycles. The molecule has 2 aliphatic heterocycles. The van der Waals surface area contributed by atoms with Gasteiger partial charge >= 0.3 is 0 Å². The summed E-state index contributed by atoms with van der Waals surface area (Å²) in [7, 11) is 0. The Morgan fingerprint density at radius 3 is 2.53 bits per heavy atom. The number of furan rings is 1. The fourth-order valence-electron chi connectivity index (χ4n) is 3.87. The first-order valence-corrected chi connectivity index (χ1v) is 9.58. The van der Waals surface area contributed by atoms with Crippen LogP contribution in [0.5, 0.6) is 0 Å². The minimum absolute atomic E-state index is 0.110. The molecule has 0 bridgehead atoms. The van der Waals surface area contributed by atoms with Crippen molar-refractivity contribution in [1.29, 1.82) is 0 Å². The van der Waals surface area contributed by atoms with Gasteiger partial charge in [-0.25, -0.2) is 0 Å². The van der Waals surface area contributed by atoms with E-state index >= 15 is 0 Å². The van der Waals surface area contributed by atoms with Gasteiger partial charge < -0.3 is 19.2 Å². The molecule has 4 rings (SSSR count). The highest BCUT2D eigenvalue weighted by atomic mass is 16.6. The third-order valence-corrected chi connectivity index (χ3v) is 5.35. The lowest BCUT2D eigenvalue weighted by atomic mass is 9.99. The second-order valence-electron chi connectivity index (χ2n) is 7.34. The first kappa shape index (κ1) is 19.8. The number of aliphatic hydroxyl groups is 1. The second kappa shape index (κ2) is 7.75. The first-order valence-electron chi connectivity index (χ1n) is 9.58. The van der Waals surface area contributed by atoms with Crippen molar-refractivity contribution in [3.05, 3.63) is 69.2 Å². The predicted octanol–water partition coefficient (Wildman–Crippen LogP) is 3.10. The van der Waals surface area contributed by atoms with Crippen LogP contribution in [-0.2, 0) is 14.3 Å². The Morgan fingerprint density at radius 2 is 1.97 bits per heavy atom. The van der Waals surface area contributed by atoms with E-state index in [1.807, 2.05) is 0 Å². The van der Waals surface area contributed by atoms with Crippen molar-refractivity contribution in [1.82, 2.24) is 4.90 Å². The zero-order valence-corrected chi connectivity index (χ0v) is 16.2. The van der Waals surface area contributed by atoms with E-state index < -0.39 is 28.4 Å². The molecule has 0 aliphatic carbocycles. The van der Waals surface area contributed by atoms with E-state index in [2.05, 4.69) is 0 Å². The number of carbonyl (C=O) groups excluding carboxylic acids is 2. The summed E-state index contributed by atoms with van der Waals surface area (Å²) in [5, 5.41) is 21.8. The lowest BCUT2D eigenvalue weighted by Crippen LogP contribution is -2.36. The molecule has 3 heterocycles. The molecule has 0 spiro atoms. The number of benzene rings is 1. The zero-order chi connectivity index (χ0) is 21.4. The topological polar surface area (TPSA) is 123 Å². The number of Topliss-reactive ketones (excluding diaryl/α,β-unsaturated/α-hetero) is 1. The van der Waals surface area contributed by atoms with E-state index in [1.54, 1.807) is 19.1 Å². The number of ether oxygens (including phenoxy) is 1. The monoisotopic (exact) mass is 412 g/mol.